The molecule has 1 unspecified atom stereocenters. The van der Waals surface area contributed by atoms with Gasteiger partial charge in [0.15, 0.2) is 0 Å². The third-order valence-corrected chi connectivity index (χ3v) is 3.15. The van der Waals surface area contributed by atoms with Crippen molar-refractivity contribution in [1.29, 1.82) is 0 Å². The Kier molecular flexibility index (Phi) is 5.91. The predicted molar refractivity (Wildman–Crippen MR) is 75.2 cm³/mol. The van der Waals surface area contributed by atoms with Crippen LogP contribution < -0.4 is 11.1 Å². The minimum atomic E-state index is 0.0726. The maximum atomic E-state index is 11.7. The first-order valence-corrected chi connectivity index (χ1v) is 7.14. The highest BCUT2D eigenvalue weighted by atomic mass is 32.2. The summed E-state index contributed by atoms with van der Waals surface area (Å²) >= 11 is 1.80. The fourth-order valence-electron chi connectivity index (χ4n) is 1.51. The number of rotatable bonds is 6. The Morgan fingerprint density at radius 3 is 2.65 bits per heavy atom. The molecule has 0 spiro atoms. The summed E-state index contributed by atoms with van der Waals surface area (Å²) in [5.74, 6) is 1.15. The Morgan fingerprint density at radius 2 is 2.06 bits per heavy atom. The molecule has 17 heavy (non-hydrogen) atoms. The lowest BCUT2D eigenvalue weighted by Gasteiger charge is -2.13. The number of benzene rings is 1. The van der Waals surface area contributed by atoms with Crippen molar-refractivity contribution < 1.29 is 4.79 Å². The first kappa shape index (κ1) is 13.9. The van der Waals surface area contributed by atoms with Gasteiger partial charge in [-0.25, -0.2) is 0 Å². The number of nitrogens with one attached hydrogen (secondary N) is 1. The summed E-state index contributed by atoms with van der Waals surface area (Å²) < 4.78 is 0. The van der Waals surface area contributed by atoms with Gasteiger partial charge in [0, 0.05) is 11.7 Å². The summed E-state index contributed by atoms with van der Waals surface area (Å²) in [7, 11) is 0. The monoisotopic (exact) mass is 252 g/mol. The van der Waals surface area contributed by atoms with Crippen molar-refractivity contribution >= 4 is 23.4 Å². The van der Waals surface area contributed by atoms with Crippen LogP contribution in [0.15, 0.2) is 24.3 Å². The molecule has 1 atom stereocenters. The van der Waals surface area contributed by atoms with Gasteiger partial charge in [-0.15, -0.1) is 0 Å². The summed E-state index contributed by atoms with van der Waals surface area (Å²) in [5, 5.41) is 2.99. The van der Waals surface area contributed by atoms with Crippen molar-refractivity contribution in [3.63, 3.8) is 0 Å². The van der Waals surface area contributed by atoms with E-state index >= 15 is 0 Å². The van der Waals surface area contributed by atoms with Gasteiger partial charge in [-0.1, -0.05) is 12.1 Å². The quantitative estimate of drug-likeness (QED) is 0.762. The van der Waals surface area contributed by atoms with Gasteiger partial charge in [0.1, 0.15) is 0 Å². The lowest BCUT2D eigenvalue weighted by Crippen LogP contribution is -2.34. The molecule has 0 aliphatic rings. The van der Waals surface area contributed by atoms with Gasteiger partial charge >= 0.3 is 0 Å². The number of hydrogen-bond acceptors (Lipinski definition) is 3. The number of carbonyl (C=O) groups is 1. The van der Waals surface area contributed by atoms with Crippen LogP contribution in [-0.4, -0.2) is 24.0 Å². The van der Waals surface area contributed by atoms with Crippen LogP contribution in [0.3, 0.4) is 0 Å². The van der Waals surface area contributed by atoms with Gasteiger partial charge in [0.2, 0.25) is 5.91 Å². The molecule has 94 valence electrons. The molecule has 0 radical (unpaired) electrons. The second kappa shape index (κ2) is 7.22. The van der Waals surface area contributed by atoms with Crippen molar-refractivity contribution in [1.82, 2.24) is 5.32 Å². The van der Waals surface area contributed by atoms with E-state index in [0.717, 1.165) is 23.4 Å². The van der Waals surface area contributed by atoms with Crippen LogP contribution in [0, 0.1) is 0 Å². The van der Waals surface area contributed by atoms with Gasteiger partial charge in [-0.3, -0.25) is 4.79 Å². The number of carbonyl (C=O) groups excluding carboxylic acids is 1. The van der Waals surface area contributed by atoms with E-state index in [2.05, 4.69) is 11.6 Å². The molecule has 0 fully saturated rings. The average molecular weight is 252 g/mol. The van der Waals surface area contributed by atoms with Crippen LogP contribution in [0.2, 0.25) is 0 Å². The molecule has 4 heteroatoms. The molecule has 1 amide bonds. The molecule has 1 aromatic carbocycles. The van der Waals surface area contributed by atoms with Crippen molar-refractivity contribution in [3.05, 3.63) is 29.8 Å². The fraction of sp³-hybridized carbons (Fsp3) is 0.462. The van der Waals surface area contributed by atoms with E-state index < -0.39 is 0 Å². The van der Waals surface area contributed by atoms with Crippen LogP contribution in [0.1, 0.15) is 18.9 Å². The number of nitrogens with two attached hydrogens (primary N) is 1. The van der Waals surface area contributed by atoms with E-state index in [0.29, 0.717) is 6.42 Å². The van der Waals surface area contributed by atoms with Gasteiger partial charge in [-0.05, 0) is 43.0 Å². The van der Waals surface area contributed by atoms with E-state index in [1.54, 1.807) is 11.8 Å². The van der Waals surface area contributed by atoms with Crippen LogP contribution >= 0.6 is 11.8 Å². The number of amides is 1. The molecule has 0 aliphatic carbocycles. The van der Waals surface area contributed by atoms with Crippen molar-refractivity contribution in [2.24, 2.45) is 0 Å². The number of nitrogen functional groups attached to an aromatic ring is 1. The molecule has 0 saturated carbocycles. The molecule has 1 rings (SSSR count). The maximum Gasteiger partial charge on any atom is 0.224 e. The summed E-state index contributed by atoms with van der Waals surface area (Å²) in [4.78, 5) is 11.7. The smallest absolute Gasteiger partial charge is 0.224 e. The van der Waals surface area contributed by atoms with Crippen molar-refractivity contribution in [2.75, 3.05) is 17.7 Å². The SMILES string of the molecule is CSCCC(C)NC(=O)Cc1ccc(N)cc1. The Balaban J connectivity index is 2.36. The largest absolute Gasteiger partial charge is 0.399 e. The Hall–Kier alpha value is -1.16. The molecular weight excluding hydrogens is 232 g/mol. The Bertz CT molecular complexity index is 351. The molecule has 0 aliphatic heterocycles. The fourth-order valence-corrected chi connectivity index (χ4v) is 2.10. The third-order valence-electron chi connectivity index (χ3n) is 2.51. The molecule has 0 aromatic heterocycles. The van der Waals surface area contributed by atoms with Crippen LogP contribution in [0.25, 0.3) is 0 Å². The predicted octanol–water partition coefficient (Wildman–Crippen LogP) is 2.07. The van der Waals surface area contributed by atoms with Crippen LogP contribution in [-0.2, 0) is 11.2 Å². The van der Waals surface area contributed by atoms with Gasteiger partial charge < -0.3 is 11.1 Å². The molecule has 0 heterocycles. The Labute approximate surface area is 107 Å². The lowest BCUT2D eigenvalue weighted by atomic mass is 10.1. The number of anilines is 1. The second-order valence-corrected chi connectivity index (χ2v) is 5.15. The highest BCUT2D eigenvalue weighted by molar-refractivity contribution is 7.98. The molecule has 3 N–H and O–H groups in total. The first-order valence-electron chi connectivity index (χ1n) is 5.74. The molecule has 1 aromatic rings. The zero-order valence-corrected chi connectivity index (χ0v) is 11.2. The summed E-state index contributed by atoms with van der Waals surface area (Å²) in [6.45, 7) is 2.04. The molecule has 0 saturated heterocycles. The van der Waals surface area contributed by atoms with Gasteiger partial charge in [0.25, 0.3) is 0 Å². The van der Waals surface area contributed by atoms with Crippen LogP contribution in [0.4, 0.5) is 5.69 Å². The number of thioether (sulfide) groups is 1. The van der Waals surface area contributed by atoms with E-state index in [1.807, 2.05) is 31.2 Å². The van der Waals surface area contributed by atoms with Crippen molar-refractivity contribution in [2.45, 2.75) is 25.8 Å². The van der Waals surface area contributed by atoms with Crippen molar-refractivity contribution in [3.8, 4) is 0 Å². The molecule has 0 bridgehead atoms. The summed E-state index contributed by atoms with van der Waals surface area (Å²) in [5.41, 5.74) is 7.31. The summed E-state index contributed by atoms with van der Waals surface area (Å²) in [6.07, 6.45) is 3.50. The summed E-state index contributed by atoms with van der Waals surface area (Å²) in [6, 6.07) is 7.66. The van der Waals surface area contributed by atoms with E-state index in [1.165, 1.54) is 0 Å². The number of hydrogen-bond donors (Lipinski definition) is 2. The van der Waals surface area contributed by atoms with Crippen LogP contribution in [0.5, 0.6) is 0 Å². The molecule has 3 nitrogen and oxygen atoms in total. The highest BCUT2D eigenvalue weighted by Gasteiger charge is 2.07. The molecular formula is C13H20N2OS. The topological polar surface area (TPSA) is 55.1 Å². The average Bonchev–Trinajstić information content (AvgIpc) is 2.29. The third kappa shape index (κ3) is 5.63. The maximum absolute atomic E-state index is 11.7. The van der Waals surface area contributed by atoms with E-state index in [-0.39, 0.29) is 11.9 Å². The zero-order chi connectivity index (χ0) is 12.7. The zero-order valence-electron chi connectivity index (χ0n) is 10.4. The standard InChI is InChI=1S/C13H20N2OS/c1-10(7-8-17-2)15-13(16)9-11-3-5-12(14)6-4-11/h3-6,10H,7-9,14H2,1-2H3,(H,15,16). The highest BCUT2D eigenvalue weighted by Crippen LogP contribution is 2.06. The normalized spacial score (nSPS) is 12.1. The minimum Gasteiger partial charge on any atom is -0.399 e. The minimum absolute atomic E-state index is 0.0726. The second-order valence-electron chi connectivity index (χ2n) is 4.17. The van der Waals surface area contributed by atoms with E-state index in [4.69, 9.17) is 5.73 Å². The van der Waals surface area contributed by atoms with E-state index in [9.17, 15) is 4.79 Å². The first-order chi connectivity index (χ1) is 8.11. The van der Waals surface area contributed by atoms with Gasteiger partial charge in [0.05, 0.1) is 6.42 Å². The van der Waals surface area contributed by atoms with Gasteiger partial charge in [-0.2, -0.15) is 11.8 Å². The lowest BCUT2D eigenvalue weighted by molar-refractivity contribution is -0.121. The Morgan fingerprint density at radius 1 is 1.41 bits per heavy atom.